The van der Waals surface area contributed by atoms with Crippen molar-refractivity contribution in [1.82, 2.24) is 4.90 Å². The van der Waals surface area contributed by atoms with E-state index in [4.69, 9.17) is 10.4 Å². The van der Waals surface area contributed by atoms with Crippen molar-refractivity contribution in [2.45, 2.75) is 25.8 Å². The lowest BCUT2D eigenvalue weighted by Crippen LogP contribution is -2.27. The average molecular weight is 232 g/mol. The van der Waals surface area contributed by atoms with Crippen LogP contribution >= 0.6 is 0 Å². The van der Waals surface area contributed by atoms with Gasteiger partial charge in [-0.3, -0.25) is 4.90 Å². The van der Waals surface area contributed by atoms with Gasteiger partial charge in [0.1, 0.15) is 0 Å². The Morgan fingerprint density at radius 3 is 2.53 bits per heavy atom. The van der Waals surface area contributed by atoms with Gasteiger partial charge in [-0.2, -0.15) is 5.26 Å². The minimum absolute atomic E-state index is 0.186. The number of hydrogen-bond acceptors (Lipinski definition) is 3. The second-order valence-electron chi connectivity index (χ2n) is 4.10. The molecule has 0 saturated heterocycles. The normalized spacial score (nSPS) is 10.4. The van der Waals surface area contributed by atoms with Crippen molar-refractivity contribution in [3.63, 3.8) is 0 Å². The van der Waals surface area contributed by atoms with Crippen LogP contribution < -0.4 is 0 Å². The van der Waals surface area contributed by atoms with Gasteiger partial charge in [0.2, 0.25) is 0 Å². The van der Waals surface area contributed by atoms with Gasteiger partial charge in [0.25, 0.3) is 0 Å². The number of rotatable bonds is 8. The summed E-state index contributed by atoms with van der Waals surface area (Å²) in [7, 11) is 0. The van der Waals surface area contributed by atoms with E-state index < -0.39 is 0 Å². The van der Waals surface area contributed by atoms with Crippen LogP contribution in [0.2, 0.25) is 0 Å². The summed E-state index contributed by atoms with van der Waals surface area (Å²) in [6.07, 6.45) is 2.58. The number of unbranched alkanes of at least 4 members (excludes halogenated alkanes) is 2. The number of nitriles is 1. The smallest absolute Gasteiger partial charge is 0.0621 e. The van der Waals surface area contributed by atoms with E-state index in [9.17, 15) is 0 Å². The molecule has 0 radical (unpaired) electrons. The van der Waals surface area contributed by atoms with Crippen LogP contribution in [-0.2, 0) is 6.54 Å². The fourth-order valence-electron chi connectivity index (χ4n) is 1.79. The molecule has 0 amide bonds. The van der Waals surface area contributed by atoms with Gasteiger partial charge in [-0.05, 0) is 24.9 Å². The summed E-state index contributed by atoms with van der Waals surface area (Å²) >= 11 is 0. The summed E-state index contributed by atoms with van der Waals surface area (Å²) in [5.74, 6) is 0. The van der Waals surface area contributed by atoms with Gasteiger partial charge in [-0.1, -0.05) is 30.3 Å². The predicted octanol–water partition coefficient (Wildman–Crippen LogP) is 2.17. The zero-order valence-corrected chi connectivity index (χ0v) is 10.2. The van der Waals surface area contributed by atoms with Crippen molar-refractivity contribution < 1.29 is 5.11 Å². The van der Waals surface area contributed by atoms with Crippen LogP contribution in [0.5, 0.6) is 0 Å². The molecule has 3 heteroatoms. The maximum Gasteiger partial charge on any atom is 0.0621 e. The Hall–Kier alpha value is -1.37. The zero-order chi connectivity index (χ0) is 12.3. The summed E-state index contributed by atoms with van der Waals surface area (Å²) in [5, 5.41) is 17.5. The summed E-state index contributed by atoms with van der Waals surface area (Å²) < 4.78 is 0. The SMILES string of the molecule is N#CCCCCN(CCO)Cc1ccccc1. The van der Waals surface area contributed by atoms with E-state index in [0.717, 1.165) is 25.9 Å². The summed E-state index contributed by atoms with van der Waals surface area (Å²) in [6, 6.07) is 12.4. The van der Waals surface area contributed by atoms with Crippen molar-refractivity contribution in [3.8, 4) is 6.07 Å². The zero-order valence-electron chi connectivity index (χ0n) is 10.2. The van der Waals surface area contributed by atoms with Gasteiger partial charge in [-0.15, -0.1) is 0 Å². The molecule has 0 aliphatic heterocycles. The fraction of sp³-hybridized carbons (Fsp3) is 0.500. The molecule has 0 aliphatic carbocycles. The van der Waals surface area contributed by atoms with E-state index in [1.54, 1.807) is 0 Å². The molecule has 1 aromatic carbocycles. The lowest BCUT2D eigenvalue weighted by Gasteiger charge is -2.21. The van der Waals surface area contributed by atoms with Gasteiger partial charge >= 0.3 is 0 Å². The largest absolute Gasteiger partial charge is 0.395 e. The lowest BCUT2D eigenvalue weighted by atomic mass is 10.2. The first kappa shape index (κ1) is 13.7. The minimum atomic E-state index is 0.186. The van der Waals surface area contributed by atoms with Crippen LogP contribution in [0.15, 0.2) is 30.3 Å². The first-order chi connectivity index (χ1) is 8.36. The third-order valence-corrected chi connectivity index (χ3v) is 2.68. The summed E-state index contributed by atoms with van der Waals surface area (Å²) in [5.41, 5.74) is 1.27. The molecule has 0 aromatic heterocycles. The monoisotopic (exact) mass is 232 g/mol. The van der Waals surface area contributed by atoms with Gasteiger partial charge in [0.05, 0.1) is 12.7 Å². The molecule has 17 heavy (non-hydrogen) atoms. The van der Waals surface area contributed by atoms with Crippen molar-refractivity contribution in [3.05, 3.63) is 35.9 Å². The lowest BCUT2D eigenvalue weighted by molar-refractivity contribution is 0.188. The Morgan fingerprint density at radius 2 is 1.88 bits per heavy atom. The van der Waals surface area contributed by atoms with Crippen LogP contribution in [0.1, 0.15) is 24.8 Å². The van der Waals surface area contributed by atoms with E-state index >= 15 is 0 Å². The van der Waals surface area contributed by atoms with Crippen LogP contribution in [0.4, 0.5) is 0 Å². The highest BCUT2D eigenvalue weighted by atomic mass is 16.3. The summed E-state index contributed by atoms with van der Waals surface area (Å²) in [4.78, 5) is 2.23. The van der Waals surface area contributed by atoms with Crippen LogP contribution in [0, 0.1) is 11.3 Å². The Balaban J connectivity index is 2.35. The molecule has 0 unspecified atom stereocenters. The van der Waals surface area contributed by atoms with Gasteiger partial charge in [0, 0.05) is 19.5 Å². The molecule has 92 valence electrons. The van der Waals surface area contributed by atoms with Gasteiger partial charge in [-0.25, -0.2) is 0 Å². The van der Waals surface area contributed by atoms with Crippen molar-refractivity contribution in [1.29, 1.82) is 5.26 Å². The predicted molar refractivity (Wildman–Crippen MR) is 68.3 cm³/mol. The number of aliphatic hydroxyl groups excluding tert-OH is 1. The van der Waals surface area contributed by atoms with Crippen molar-refractivity contribution >= 4 is 0 Å². The first-order valence-corrected chi connectivity index (χ1v) is 6.11. The molecule has 0 spiro atoms. The molecule has 3 nitrogen and oxygen atoms in total. The Bertz CT molecular complexity index is 332. The topological polar surface area (TPSA) is 47.3 Å². The molecule has 0 atom stereocenters. The van der Waals surface area contributed by atoms with E-state index in [1.807, 2.05) is 18.2 Å². The van der Waals surface area contributed by atoms with Crippen molar-refractivity contribution in [2.24, 2.45) is 0 Å². The molecule has 0 heterocycles. The maximum absolute atomic E-state index is 9.02. The molecule has 0 aliphatic rings. The second kappa shape index (κ2) is 8.74. The average Bonchev–Trinajstić information content (AvgIpc) is 2.36. The van der Waals surface area contributed by atoms with Crippen molar-refractivity contribution in [2.75, 3.05) is 19.7 Å². The first-order valence-electron chi connectivity index (χ1n) is 6.11. The van der Waals surface area contributed by atoms with E-state index in [2.05, 4.69) is 23.1 Å². The third kappa shape index (κ3) is 6.06. The van der Waals surface area contributed by atoms with Crippen LogP contribution in [-0.4, -0.2) is 29.7 Å². The molecule has 1 rings (SSSR count). The number of nitrogens with zero attached hydrogens (tertiary/aromatic N) is 2. The fourth-order valence-corrected chi connectivity index (χ4v) is 1.79. The van der Waals surface area contributed by atoms with E-state index in [0.29, 0.717) is 13.0 Å². The molecular weight excluding hydrogens is 212 g/mol. The van der Waals surface area contributed by atoms with Crippen LogP contribution in [0.3, 0.4) is 0 Å². The number of hydrogen-bond donors (Lipinski definition) is 1. The Labute approximate surface area is 103 Å². The third-order valence-electron chi connectivity index (χ3n) is 2.68. The minimum Gasteiger partial charge on any atom is -0.395 e. The highest BCUT2D eigenvalue weighted by Gasteiger charge is 2.04. The quantitative estimate of drug-likeness (QED) is 0.699. The standard InChI is InChI=1S/C14H20N2O/c15-9-5-2-6-10-16(11-12-17)13-14-7-3-1-4-8-14/h1,3-4,7-8,17H,2,5-6,10-13H2. The Morgan fingerprint density at radius 1 is 1.12 bits per heavy atom. The van der Waals surface area contributed by atoms with Gasteiger partial charge in [0.15, 0.2) is 0 Å². The van der Waals surface area contributed by atoms with E-state index in [1.165, 1.54) is 5.56 Å². The molecule has 0 bridgehead atoms. The molecule has 0 saturated carbocycles. The Kier molecular flexibility index (Phi) is 7.04. The number of benzene rings is 1. The molecule has 1 N–H and O–H groups in total. The molecular formula is C14H20N2O. The highest BCUT2D eigenvalue weighted by Crippen LogP contribution is 2.06. The second-order valence-corrected chi connectivity index (χ2v) is 4.10. The van der Waals surface area contributed by atoms with Crippen LogP contribution in [0.25, 0.3) is 0 Å². The molecule has 1 aromatic rings. The number of aliphatic hydroxyl groups is 1. The maximum atomic E-state index is 9.02. The highest BCUT2D eigenvalue weighted by molar-refractivity contribution is 5.14. The summed E-state index contributed by atoms with van der Waals surface area (Å²) in [6.45, 7) is 2.69. The van der Waals surface area contributed by atoms with E-state index in [-0.39, 0.29) is 6.61 Å². The van der Waals surface area contributed by atoms with Gasteiger partial charge < -0.3 is 5.11 Å². The molecule has 0 fully saturated rings.